The monoisotopic (exact) mass is 314 g/mol. The Morgan fingerprint density at radius 2 is 1.26 bits per heavy atom. The molecule has 23 heavy (non-hydrogen) atoms. The van der Waals surface area contributed by atoms with Crippen LogP contribution in [0, 0.1) is 23.7 Å². The molecule has 0 unspecified atom stereocenters. The van der Waals surface area contributed by atoms with Crippen LogP contribution in [0.5, 0.6) is 0 Å². The van der Waals surface area contributed by atoms with Crippen LogP contribution >= 0.6 is 0 Å². The van der Waals surface area contributed by atoms with Gasteiger partial charge >= 0.3 is 0 Å². The largest absolute Gasteiger partial charge is 0.103 e. The Hall–Kier alpha value is -0.780. The molecule has 2 saturated carbocycles. The fraction of sp³-hybridized carbons (Fsp3) is 0.739. The summed E-state index contributed by atoms with van der Waals surface area (Å²) in [6.07, 6.45) is 28.6. The second-order valence-corrected chi connectivity index (χ2v) is 7.95. The lowest BCUT2D eigenvalue weighted by Crippen LogP contribution is -2.14. The molecule has 0 heterocycles. The minimum Gasteiger partial charge on any atom is -0.103 e. The summed E-state index contributed by atoms with van der Waals surface area (Å²) in [5, 5.41) is 0. The number of hydrogen-bond donors (Lipinski definition) is 0. The molecule has 0 aliphatic heterocycles. The van der Waals surface area contributed by atoms with Gasteiger partial charge in [-0.05, 0) is 82.0 Å². The van der Waals surface area contributed by atoms with Gasteiger partial charge < -0.3 is 0 Å². The second-order valence-electron chi connectivity index (χ2n) is 7.95. The highest BCUT2D eigenvalue weighted by Gasteiger charge is 2.20. The zero-order chi connectivity index (χ0) is 16.3. The molecule has 0 atom stereocenters. The van der Waals surface area contributed by atoms with E-state index < -0.39 is 0 Å². The SMILES string of the molecule is C=CC1CCC(C=CCCC2CCC(CCC=CC)CC2)CC1. The van der Waals surface area contributed by atoms with Crippen molar-refractivity contribution >= 4 is 0 Å². The minimum absolute atomic E-state index is 0.794. The fourth-order valence-corrected chi connectivity index (χ4v) is 4.50. The van der Waals surface area contributed by atoms with Gasteiger partial charge in [0.2, 0.25) is 0 Å². The molecule has 0 amide bonds. The summed E-state index contributed by atoms with van der Waals surface area (Å²) < 4.78 is 0. The first-order valence-electron chi connectivity index (χ1n) is 10.2. The predicted octanol–water partition coefficient (Wildman–Crippen LogP) is 7.48. The van der Waals surface area contributed by atoms with Gasteiger partial charge in [-0.25, -0.2) is 0 Å². The predicted molar refractivity (Wildman–Crippen MR) is 104 cm³/mol. The van der Waals surface area contributed by atoms with Crippen LogP contribution in [-0.2, 0) is 0 Å². The molecule has 0 aromatic carbocycles. The summed E-state index contributed by atoms with van der Waals surface area (Å²) >= 11 is 0. The maximum absolute atomic E-state index is 3.94. The summed E-state index contributed by atoms with van der Waals surface area (Å²) in [5.41, 5.74) is 0. The van der Waals surface area contributed by atoms with Crippen molar-refractivity contribution in [3.63, 3.8) is 0 Å². The first kappa shape index (κ1) is 18.6. The van der Waals surface area contributed by atoms with Gasteiger partial charge in [0.1, 0.15) is 0 Å². The second kappa shape index (κ2) is 10.9. The molecular formula is C23H38. The van der Waals surface area contributed by atoms with E-state index in [0.717, 1.165) is 23.7 Å². The molecule has 0 aromatic rings. The number of allylic oxidation sites excluding steroid dienone is 5. The lowest BCUT2D eigenvalue weighted by Gasteiger charge is -2.28. The van der Waals surface area contributed by atoms with Crippen LogP contribution in [0.15, 0.2) is 37.0 Å². The summed E-state index contributed by atoms with van der Waals surface area (Å²) in [6, 6.07) is 0. The maximum Gasteiger partial charge on any atom is -0.0233 e. The first-order chi connectivity index (χ1) is 11.3. The van der Waals surface area contributed by atoms with E-state index in [0.29, 0.717) is 0 Å². The van der Waals surface area contributed by atoms with Gasteiger partial charge in [0.05, 0.1) is 0 Å². The van der Waals surface area contributed by atoms with Gasteiger partial charge in [0.15, 0.2) is 0 Å². The lowest BCUT2D eigenvalue weighted by molar-refractivity contribution is 0.255. The Balaban J connectivity index is 1.53. The standard InChI is InChI=1S/C23H38/c1-3-5-6-9-21-16-18-23(19-17-21)11-8-7-10-22-14-12-20(4-2)13-15-22/h3-5,7,10,20-23H,2,6,8-9,11-19H2,1H3. The molecule has 2 aliphatic rings. The molecular weight excluding hydrogens is 276 g/mol. The van der Waals surface area contributed by atoms with Crippen molar-refractivity contribution in [2.45, 2.75) is 84.0 Å². The summed E-state index contributed by atoms with van der Waals surface area (Å²) in [4.78, 5) is 0. The van der Waals surface area contributed by atoms with Crippen LogP contribution in [0.25, 0.3) is 0 Å². The Bertz CT molecular complexity index is 359. The van der Waals surface area contributed by atoms with Crippen molar-refractivity contribution in [1.29, 1.82) is 0 Å². The Morgan fingerprint density at radius 1 is 0.739 bits per heavy atom. The van der Waals surface area contributed by atoms with Crippen molar-refractivity contribution in [3.05, 3.63) is 37.0 Å². The van der Waals surface area contributed by atoms with Gasteiger partial charge in [0.25, 0.3) is 0 Å². The molecule has 2 aliphatic carbocycles. The van der Waals surface area contributed by atoms with E-state index in [2.05, 4.69) is 43.9 Å². The molecule has 2 rings (SSSR count). The normalized spacial score (nSPS) is 32.6. The topological polar surface area (TPSA) is 0 Å². The molecule has 0 saturated heterocycles. The highest BCUT2D eigenvalue weighted by Crippen LogP contribution is 2.34. The molecule has 0 bridgehead atoms. The first-order valence-corrected chi connectivity index (χ1v) is 10.2. The highest BCUT2D eigenvalue weighted by atomic mass is 14.3. The molecule has 0 nitrogen and oxygen atoms in total. The quantitative estimate of drug-likeness (QED) is 0.407. The zero-order valence-electron chi connectivity index (χ0n) is 15.4. The van der Waals surface area contributed by atoms with E-state index in [-0.39, 0.29) is 0 Å². The van der Waals surface area contributed by atoms with E-state index in [1.807, 2.05) is 0 Å². The average molecular weight is 315 g/mol. The van der Waals surface area contributed by atoms with Crippen molar-refractivity contribution in [2.24, 2.45) is 23.7 Å². The molecule has 0 N–H and O–H groups in total. The maximum atomic E-state index is 3.94. The Morgan fingerprint density at radius 3 is 1.78 bits per heavy atom. The van der Waals surface area contributed by atoms with E-state index in [9.17, 15) is 0 Å². The third kappa shape index (κ3) is 7.10. The minimum atomic E-state index is 0.794. The van der Waals surface area contributed by atoms with Crippen LogP contribution in [0.2, 0.25) is 0 Å². The van der Waals surface area contributed by atoms with Crippen molar-refractivity contribution in [3.8, 4) is 0 Å². The number of hydrogen-bond acceptors (Lipinski definition) is 0. The lowest BCUT2D eigenvalue weighted by atomic mass is 9.78. The summed E-state index contributed by atoms with van der Waals surface area (Å²) in [6.45, 7) is 6.08. The van der Waals surface area contributed by atoms with Gasteiger partial charge in [0, 0.05) is 0 Å². The summed E-state index contributed by atoms with van der Waals surface area (Å²) in [5.74, 6) is 3.67. The van der Waals surface area contributed by atoms with Gasteiger partial charge in [-0.2, -0.15) is 0 Å². The third-order valence-corrected chi connectivity index (χ3v) is 6.24. The molecule has 0 aromatic heterocycles. The van der Waals surface area contributed by atoms with Gasteiger partial charge in [-0.15, -0.1) is 6.58 Å². The van der Waals surface area contributed by atoms with Crippen molar-refractivity contribution in [1.82, 2.24) is 0 Å². The van der Waals surface area contributed by atoms with Crippen LogP contribution in [0.3, 0.4) is 0 Å². The molecule has 130 valence electrons. The van der Waals surface area contributed by atoms with E-state index in [1.54, 1.807) is 0 Å². The van der Waals surface area contributed by atoms with E-state index in [1.165, 1.54) is 77.0 Å². The van der Waals surface area contributed by atoms with Crippen LogP contribution < -0.4 is 0 Å². The third-order valence-electron chi connectivity index (χ3n) is 6.24. The van der Waals surface area contributed by atoms with Crippen molar-refractivity contribution < 1.29 is 0 Å². The van der Waals surface area contributed by atoms with E-state index in [4.69, 9.17) is 0 Å². The molecule has 0 heteroatoms. The van der Waals surface area contributed by atoms with E-state index >= 15 is 0 Å². The highest BCUT2D eigenvalue weighted by molar-refractivity contribution is 4.94. The average Bonchev–Trinajstić information content (AvgIpc) is 2.61. The molecule has 0 spiro atoms. The van der Waals surface area contributed by atoms with Gasteiger partial charge in [-0.3, -0.25) is 0 Å². The molecule has 2 fully saturated rings. The Kier molecular flexibility index (Phi) is 8.79. The van der Waals surface area contributed by atoms with Crippen LogP contribution in [0.1, 0.15) is 84.0 Å². The number of rotatable bonds is 8. The van der Waals surface area contributed by atoms with Crippen LogP contribution in [0.4, 0.5) is 0 Å². The van der Waals surface area contributed by atoms with Gasteiger partial charge in [-0.1, -0.05) is 56.1 Å². The smallest absolute Gasteiger partial charge is 0.0233 e. The van der Waals surface area contributed by atoms with Crippen LogP contribution in [-0.4, -0.2) is 0 Å². The van der Waals surface area contributed by atoms with Crippen molar-refractivity contribution in [2.75, 3.05) is 0 Å². The summed E-state index contributed by atoms with van der Waals surface area (Å²) in [7, 11) is 0. The molecule has 0 radical (unpaired) electrons. The fourth-order valence-electron chi connectivity index (χ4n) is 4.50. The Labute approximate surface area is 145 Å². The zero-order valence-corrected chi connectivity index (χ0v) is 15.4.